The van der Waals surface area contributed by atoms with E-state index in [1.807, 2.05) is 19.9 Å². The first-order chi connectivity index (χ1) is 9.96. The molecule has 5 nitrogen and oxygen atoms in total. The Morgan fingerprint density at radius 3 is 2.67 bits per heavy atom. The minimum atomic E-state index is -3.55. The molecule has 1 aromatic carbocycles. The van der Waals surface area contributed by atoms with Gasteiger partial charge in [0.05, 0.1) is 7.11 Å². The van der Waals surface area contributed by atoms with Crippen LogP contribution in [0.5, 0.6) is 5.75 Å². The van der Waals surface area contributed by atoms with Crippen molar-refractivity contribution >= 4 is 10.0 Å². The molecule has 0 heterocycles. The van der Waals surface area contributed by atoms with E-state index in [0.717, 1.165) is 18.5 Å². The zero-order valence-corrected chi connectivity index (χ0v) is 13.7. The molecule has 1 aliphatic rings. The van der Waals surface area contributed by atoms with E-state index < -0.39 is 10.0 Å². The van der Waals surface area contributed by atoms with Gasteiger partial charge in [0.25, 0.3) is 0 Å². The zero-order chi connectivity index (χ0) is 15.5. The second-order valence-electron chi connectivity index (χ2n) is 5.57. The molecule has 21 heavy (non-hydrogen) atoms. The molecular formula is C15H24N2O3S. The lowest BCUT2D eigenvalue weighted by Crippen LogP contribution is -2.32. The summed E-state index contributed by atoms with van der Waals surface area (Å²) in [6.45, 7) is 4.52. The Labute approximate surface area is 127 Å². The largest absolute Gasteiger partial charge is 0.495 e. The number of methoxy groups -OCH3 is 1. The van der Waals surface area contributed by atoms with Crippen LogP contribution in [0.2, 0.25) is 0 Å². The predicted molar refractivity (Wildman–Crippen MR) is 82.9 cm³/mol. The fourth-order valence-electron chi connectivity index (χ4n) is 2.01. The summed E-state index contributed by atoms with van der Waals surface area (Å²) < 4.78 is 32.6. The average molecular weight is 312 g/mol. The summed E-state index contributed by atoms with van der Waals surface area (Å²) in [4.78, 5) is 0.195. The van der Waals surface area contributed by atoms with Crippen molar-refractivity contribution in [1.29, 1.82) is 0 Å². The maximum atomic E-state index is 12.4. The first-order valence-electron chi connectivity index (χ1n) is 7.39. The first kappa shape index (κ1) is 16.3. The Kier molecular flexibility index (Phi) is 5.24. The lowest BCUT2D eigenvalue weighted by molar-refractivity contribution is 0.401. The lowest BCUT2D eigenvalue weighted by atomic mass is 10.2. The second kappa shape index (κ2) is 6.77. The molecule has 1 aliphatic carbocycles. The van der Waals surface area contributed by atoms with Crippen molar-refractivity contribution in [2.24, 2.45) is 0 Å². The fraction of sp³-hybridized carbons (Fsp3) is 0.600. The molecule has 0 aromatic heterocycles. The van der Waals surface area contributed by atoms with Crippen molar-refractivity contribution in [1.82, 2.24) is 10.0 Å². The van der Waals surface area contributed by atoms with Crippen LogP contribution in [0.25, 0.3) is 0 Å². The number of hydrogen-bond donors (Lipinski definition) is 2. The highest BCUT2D eigenvalue weighted by Crippen LogP contribution is 2.26. The summed E-state index contributed by atoms with van der Waals surface area (Å²) in [6.07, 6.45) is 3.19. The maximum Gasteiger partial charge on any atom is 0.244 e. The first-order valence-corrected chi connectivity index (χ1v) is 8.87. The minimum Gasteiger partial charge on any atom is -0.495 e. The van der Waals surface area contributed by atoms with Crippen molar-refractivity contribution in [3.63, 3.8) is 0 Å². The van der Waals surface area contributed by atoms with E-state index >= 15 is 0 Å². The number of benzene rings is 1. The van der Waals surface area contributed by atoms with Gasteiger partial charge in [-0.3, -0.25) is 0 Å². The average Bonchev–Trinajstić information content (AvgIpc) is 3.28. The van der Waals surface area contributed by atoms with E-state index in [1.54, 1.807) is 12.1 Å². The molecule has 0 saturated heterocycles. The highest BCUT2D eigenvalue weighted by atomic mass is 32.2. The zero-order valence-electron chi connectivity index (χ0n) is 12.8. The third-order valence-corrected chi connectivity index (χ3v) is 5.29. The second-order valence-corrected chi connectivity index (χ2v) is 7.25. The van der Waals surface area contributed by atoms with Crippen LogP contribution in [0.3, 0.4) is 0 Å². The van der Waals surface area contributed by atoms with E-state index in [9.17, 15) is 8.42 Å². The lowest BCUT2D eigenvalue weighted by Gasteiger charge is -2.15. The van der Waals surface area contributed by atoms with Gasteiger partial charge in [0.1, 0.15) is 10.6 Å². The number of hydrogen-bond acceptors (Lipinski definition) is 4. The maximum absolute atomic E-state index is 12.4. The molecule has 1 atom stereocenters. The van der Waals surface area contributed by atoms with E-state index in [4.69, 9.17) is 4.74 Å². The van der Waals surface area contributed by atoms with Crippen molar-refractivity contribution < 1.29 is 13.2 Å². The van der Waals surface area contributed by atoms with Crippen LogP contribution in [-0.4, -0.2) is 27.6 Å². The topological polar surface area (TPSA) is 67.4 Å². The molecule has 1 saturated carbocycles. The molecular weight excluding hydrogens is 288 g/mol. The molecule has 0 spiro atoms. The monoisotopic (exact) mass is 312 g/mol. The Hall–Kier alpha value is -1.11. The van der Waals surface area contributed by atoms with Crippen LogP contribution in [0, 0.1) is 0 Å². The smallest absolute Gasteiger partial charge is 0.244 e. The van der Waals surface area contributed by atoms with Crippen LogP contribution >= 0.6 is 0 Å². The highest BCUT2D eigenvalue weighted by Gasteiger charge is 2.23. The van der Waals surface area contributed by atoms with E-state index in [1.165, 1.54) is 20.0 Å². The molecule has 0 radical (unpaired) electrons. The Morgan fingerprint density at radius 2 is 2.10 bits per heavy atom. The van der Waals surface area contributed by atoms with Crippen molar-refractivity contribution in [3.05, 3.63) is 23.8 Å². The van der Waals surface area contributed by atoms with Gasteiger partial charge in [-0.2, -0.15) is 0 Å². The van der Waals surface area contributed by atoms with Crippen LogP contribution in [0.4, 0.5) is 0 Å². The third-order valence-electron chi connectivity index (χ3n) is 3.66. The minimum absolute atomic E-state index is 0.101. The van der Waals surface area contributed by atoms with E-state index in [2.05, 4.69) is 10.0 Å². The molecule has 2 N–H and O–H groups in total. The molecule has 1 fully saturated rings. The number of ether oxygens (including phenoxy) is 1. The highest BCUT2D eigenvalue weighted by molar-refractivity contribution is 7.89. The van der Waals surface area contributed by atoms with Gasteiger partial charge in [0.15, 0.2) is 0 Å². The molecule has 1 unspecified atom stereocenters. The SMILES string of the molecule is CCC(C)NS(=O)(=O)c1ccc(CNC2CC2)cc1OC. The van der Waals surface area contributed by atoms with Gasteiger partial charge in [0, 0.05) is 18.6 Å². The van der Waals surface area contributed by atoms with Gasteiger partial charge in [-0.1, -0.05) is 13.0 Å². The van der Waals surface area contributed by atoms with Gasteiger partial charge < -0.3 is 10.1 Å². The van der Waals surface area contributed by atoms with Crippen molar-refractivity contribution in [2.75, 3.05) is 7.11 Å². The Balaban J connectivity index is 2.18. The molecule has 118 valence electrons. The van der Waals surface area contributed by atoms with Crippen LogP contribution in [-0.2, 0) is 16.6 Å². The summed E-state index contributed by atoms with van der Waals surface area (Å²) in [5.41, 5.74) is 1.03. The summed E-state index contributed by atoms with van der Waals surface area (Å²) in [7, 11) is -2.05. The molecule has 0 aliphatic heterocycles. The van der Waals surface area contributed by atoms with E-state index in [0.29, 0.717) is 11.8 Å². The summed E-state index contributed by atoms with van der Waals surface area (Å²) >= 11 is 0. The van der Waals surface area contributed by atoms with Crippen LogP contribution in [0.1, 0.15) is 38.7 Å². The van der Waals surface area contributed by atoms with Crippen molar-refractivity contribution in [3.8, 4) is 5.75 Å². The normalized spacial score (nSPS) is 16.7. The summed E-state index contributed by atoms with van der Waals surface area (Å²) in [6, 6.07) is 5.76. The van der Waals surface area contributed by atoms with Gasteiger partial charge in [-0.15, -0.1) is 0 Å². The summed E-state index contributed by atoms with van der Waals surface area (Å²) in [5.74, 6) is 0.390. The van der Waals surface area contributed by atoms with Gasteiger partial charge >= 0.3 is 0 Å². The Bertz CT molecular complexity index is 583. The van der Waals surface area contributed by atoms with Gasteiger partial charge in [-0.25, -0.2) is 13.1 Å². The van der Waals surface area contributed by atoms with Crippen LogP contribution < -0.4 is 14.8 Å². The number of nitrogens with one attached hydrogen (secondary N) is 2. The molecule has 2 rings (SSSR count). The van der Waals surface area contributed by atoms with Gasteiger partial charge in [-0.05, 0) is 43.9 Å². The standard InChI is InChI=1S/C15H24N2O3S/c1-4-11(2)17-21(18,19)15-8-5-12(9-14(15)20-3)10-16-13-6-7-13/h5,8-9,11,13,16-17H,4,6-7,10H2,1-3H3. The van der Waals surface area contributed by atoms with Crippen LogP contribution in [0.15, 0.2) is 23.1 Å². The number of sulfonamides is 1. The third kappa shape index (κ3) is 4.43. The molecule has 0 bridgehead atoms. The molecule has 6 heteroatoms. The molecule has 1 aromatic rings. The quantitative estimate of drug-likeness (QED) is 0.771. The fourth-order valence-corrected chi connectivity index (χ4v) is 3.48. The molecule has 0 amide bonds. The van der Waals surface area contributed by atoms with E-state index in [-0.39, 0.29) is 10.9 Å². The van der Waals surface area contributed by atoms with Gasteiger partial charge in [0.2, 0.25) is 10.0 Å². The van der Waals surface area contributed by atoms with Crippen molar-refractivity contribution in [2.45, 2.75) is 56.6 Å². The number of rotatable bonds is 8. The Morgan fingerprint density at radius 1 is 1.38 bits per heavy atom. The summed E-state index contributed by atoms with van der Waals surface area (Å²) in [5, 5.41) is 3.40. The predicted octanol–water partition coefficient (Wildman–Crippen LogP) is 2.02.